The molecule has 0 aliphatic carbocycles. The number of pyridine rings is 1. The van der Waals surface area contributed by atoms with Gasteiger partial charge in [-0.3, -0.25) is 0 Å². The van der Waals surface area contributed by atoms with E-state index in [0.29, 0.717) is 0 Å². The summed E-state index contributed by atoms with van der Waals surface area (Å²) in [6.07, 6.45) is 3.52. The third kappa shape index (κ3) is 1.62. The van der Waals surface area contributed by atoms with Crippen LogP contribution in [0.15, 0.2) is 35.1 Å². The molecule has 66 valence electrons. The van der Waals surface area contributed by atoms with E-state index >= 15 is 0 Å². The Kier molecular flexibility index (Phi) is 2.14. The smallest absolute Gasteiger partial charge is 0.153 e. The van der Waals surface area contributed by atoms with Gasteiger partial charge in [0.15, 0.2) is 5.82 Å². The van der Waals surface area contributed by atoms with Gasteiger partial charge in [-0.15, -0.1) is 0 Å². The summed E-state index contributed by atoms with van der Waals surface area (Å²) in [6, 6.07) is 5.82. The van der Waals surface area contributed by atoms with Crippen LogP contribution in [0.2, 0.25) is 0 Å². The SMILES string of the molecule is Cc1ccnn1-c1ccc(Br)cn1. The molecule has 2 heterocycles. The van der Waals surface area contributed by atoms with Gasteiger partial charge in [-0.1, -0.05) is 0 Å². The molecule has 0 atom stereocenters. The molecule has 0 unspecified atom stereocenters. The first kappa shape index (κ1) is 8.44. The Hall–Kier alpha value is -1.16. The molecule has 2 rings (SSSR count). The summed E-state index contributed by atoms with van der Waals surface area (Å²) in [5.74, 6) is 0.839. The lowest BCUT2D eigenvalue weighted by Gasteiger charge is -2.01. The average Bonchev–Trinajstić information content (AvgIpc) is 2.53. The van der Waals surface area contributed by atoms with Gasteiger partial charge in [-0.2, -0.15) is 5.10 Å². The van der Waals surface area contributed by atoms with Crippen molar-refractivity contribution in [2.24, 2.45) is 0 Å². The van der Waals surface area contributed by atoms with Crippen molar-refractivity contribution in [3.63, 3.8) is 0 Å². The summed E-state index contributed by atoms with van der Waals surface area (Å²) in [4.78, 5) is 4.24. The van der Waals surface area contributed by atoms with Crippen LogP contribution in [0.1, 0.15) is 5.69 Å². The third-order valence-electron chi connectivity index (χ3n) is 1.76. The Morgan fingerprint density at radius 2 is 2.15 bits per heavy atom. The fraction of sp³-hybridized carbons (Fsp3) is 0.111. The number of aryl methyl sites for hydroxylation is 1. The first-order chi connectivity index (χ1) is 6.27. The molecule has 2 aromatic heterocycles. The highest BCUT2D eigenvalue weighted by Gasteiger charge is 2.00. The van der Waals surface area contributed by atoms with E-state index in [1.54, 1.807) is 17.1 Å². The second-order valence-corrected chi connectivity index (χ2v) is 3.63. The lowest BCUT2D eigenvalue weighted by atomic mass is 10.4. The fourth-order valence-electron chi connectivity index (χ4n) is 1.10. The zero-order valence-electron chi connectivity index (χ0n) is 7.11. The number of aromatic nitrogens is 3. The Balaban J connectivity index is 2.47. The zero-order chi connectivity index (χ0) is 9.26. The molecule has 0 amide bonds. The van der Waals surface area contributed by atoms with Crippen LogP contribution in [-0.2, 0) is 0 Å². The molecule has 0 N–H and O–H groups in total. The first-order valence-electron chi connectivity index (χ1n) is 3.90. The van der Waals surface area contributed by atoms with E-state index in [2.05, 4.69) is 26.0 Å². The van der Waals surface area contributed by atoms with Crippen molar-refractivity contribution in [3.05, 3.63) is 40.8 Å². The molecular formula is C9H8BrN3. The van der Waals surface area contributed by atoms with Crippen molar-refractivity contribution in [1.82, 2.24) is 14.8 Å². The number of nitrogens with zero attached hydrogens (tertiary/aromatic N) is 3. The van der Waals surface area contributed by atoms with Gasteiger partial charge >= 0.3 is 0 Å². The third-order valence-corrected chi connectivity index (χ3v) is 2.23. The van der Waals surface area contributed by atoms with Crippen LogP contribution in [0.4, 0.5) is 0 Å². The maximum Gasteiger partial charge on any atom is 0.153 e. The second-order valence-electron chi connectivity index (χ2n) is 2.72. The van der Waals surface area contributed by atoms with Gasteiger partial charge in [0.1, 0.15) is 0 Å². The van der Waals surface area contributed by atoms with Crippen LogP contribution < -0.4 is 0 Å². The van der Waals surface area contributed by atoms with Crippen molar-refractivity contribution in [2.75, 3.05) is 0 Å². The quantitative estimate of drug-likeness (QED) is 0.763. The predicted molar refractivity (Wildman–Crippen MR) is 53.8 cm³/mol. The van der Waals surface area contributed by atoms with E-state index in [1.807, 2.05) is 25.1 Å². The lowest BCUT2D eigenvalue weighted by Crippen LogP contribution is -2.00. The summed E-state index contributed by atoms with van der Waals surface area (Å²) in [5.41, 5.74) is 1.08. The second kappa shape index (κ2) is 3.30. The molecule has 13 heavy (non-hydrogen) atoms. The molecule has 0 radical (unpaired) electrons. The largest absolute Gasteiger partial charge is 0.236 e. The first-order valence-corrected chi connectivity index (χ1v) is 4.69. The monoisotopic (exact) mass is 237 g/mol. The molecule has 0 aliphatic rings. The molecule has 3 nitrogen and oxygen atoms in total. The Morgan fingerprint density at radius 1 is 1.31 bits per heavy atom. The molecule has 0 aliphatic heterocycles. The van der Waals surface area contributed by atoms with E-state index in [-0.39, 0.29) is 0 Å². The molecule has 0 saturated carbocycles. The number of halogens is 1. The Labute approximate surface area is 84.5 Å². The minimum Gasteiger partial charge on any atom is -0.236 e. The van der Waals surface area contributed by atoms with Gasteiger partial charge in [-0.25, -0.2) is 9.67 Å². The zero-order valence-corrected chi connectivity index (χ0v) is 8.69. The Bertz CT molecular complexity index is 405. The molecule has 4 heteroatoms. The van der Waals surface area contributed by atoms with E-state index in [4.69, 9.17) is 0 Å². The molecule has 0 aromatic carbocycles. The van der Waals surface area contributed by atoms with Crippen molar-refractivity contribution >= 4 is 15.9 Å². The van der Waals surface area contributed by atoms with E-state index in [9.17, 15) is 0 Å². The van der Waals surface area contributed by atoms with Gasteiger partial charge in [-0.05, 0) is 41.1 Å². The number of hydrogen-bond donors (Lipinski definition) is 0. The average molecular weight is 238 g/mol. The number of rotatable bonds is 1. The van der Waals surface area contributed by atoms with E-state index < -0.39 is 0 Å². The van der Waals surface area contributed by atoms with Crippen molar-refractivity contribution in [3.8, 4) is 5.82 Å². The summed E-state index contributed by atoms with van der Waals surface area (Å²) in [7, 11) is 0. The van der Waals surface area contributed by atoms with Crippen LogP contribution in [0, 0.1) is 6.92 Å². The Morgan fingerprint density at radius 3 is 2.69 bits per heavy atom. The summed E-state index contributed by atoms with van der Waals surface area (Å²) in [6.45, 7) is 2.00. The topological polar surface area (TPSA) is 30.7 Å². The summed E-state index contributed by atoms with van der Waals surface area (Å²) >= 11 is 3.34. The molecule has 0 spiro atoms. The predicted octanol–water partition coefficient (Wildman–Crippen LogP) is 2.34. The highest BCUT2D eigenvalue weighted by atomic mass is 79.9. The maximum absolute atomic E-state index is 4.24. The summed E-state index contributed by atoms with van der Waals surface area (Å²) < 4.78 is 2.77. The van der Waals surface area contributed by atoms with E-state index in [0.717, 1.165) is 16.0 Å². The van der Waals surface area contributed by atoms with Crippen LogP contribution in [-0.4, -0.2) is 14.8 Å². The highest BCUT2D eigenvalue weighted by molar-refractivity contribution is 9.10. The van der Waals surface area contributed by atoms with E-state index in [1.165, 1.54) is 0 Å². The van der Waals surface area contributed by atoms with Crippen LogP contribution in [0.5, 0.6) is 0 Å². The standard InChI is InChI=1S/C9H8BrN3/c1-7-4-5-12-13(7)9-3-2-8(10)6-11-9/h2-6H,1H3. The fourth-order valence-corrected chi connectivity index (χ4v) is 1.34. The molecule has 2 aromatic rings. The lowest BCUT2D eigenvalue weighted by molar-refractivity contribution is 0.817. The molecular weight excluding hydrogens is 230 g/mol. The van der Waals surface area contributed by atoms with Crippen molar-refractivity contribution in [2.45, 2.75) is 6.92 Å². The van der Waals surface area contributed by atoms with Gasteiger partial charge < -0.3 is 0 Å². The van der Waals surface area contributed by atoms with Crippen LogP contribution in [0.25, 0.3) is 5.82 Å². The summed E-state index contributed by atoms with van der Waals surface area (Å²) in [5, 5.41) is 4.15. The van der Waals surface area contributed by atoms with Gasteiger partial charge in [0, 0.05) is 22.6 Å². The van der Waals surface area contributed by atoms with Gasteiger partial charge in [0.25, 0.3) is 0 Å². The number of hydrogen-bond acceptors (Lipinski definition) is 2. The van der Waals surface area contributed by atoms with Gasteiger partial charge in [0.2, 0.25) is 0 Å². The van der Waals surface area contributed by atoms with Crippen LogP contribution >= 0.6 is 15.9 Å². The minimum atomic E-state index is 0.839. The minimum absolute atomic E-state index is 0.839. The molecule has 0 bridgehead atoms. The van der Waals surface area contributed by atoms with Crippen molar-refractivity contribution < 1.29 is 0 Å². The van der Waals surface area contributed by atoms with Crippen molar-refractivity contribution in [1.29, 1.82) is 0 Å². The maximum atomic E-state index is 4.24. The van der Waals surface area contributed by atoms with Crippen LogP contribution in [0.3, 0.4) is 0 Å². The normalized spacial score (nSPS) is 10.3. The molecule has 0 fully saturated rings. The van der Waals surface area contributed by atoms with Gasteiger partial charge in [0.05, 0.1) is 0 Å². The highest BCUT2D eigenvalue weighted by Crippen LogP contribution is 2.11. The molecule has 0 saturated heterocycles.